The first-order valence-electron chi connectivity index (χ1n) is 9.39. The number of carbonyl (C=O) groups is 1. The van der Waals surface area contributed by atoms with Crippen LogP contribution >= 0.6 is 0 Å². The van der Waals surface area contributed by atoms with Crippen molar-refractivity contribution < 1.29 is 18.7 Å². The van der Waals surface area contributed by atoms with Gasteiger partial charge in [0.25, 0.3) is 5.91 Å². The van der Waals surface area contributed by atoms with Crippen LogP contribution in [-0.2, 0) is 6.42 Å². The monoisotopic (exact) mass is 426 g/mol. The number of nitrogen functional groups attached to an aromatic ring is 1. The van der Waals surface area contributed by atoms with E-state index in [1.807, 2.05) is 18.2 Å². The molecule has 0 saturated heterocycles. The van der Waals surface area contributed by atoms with Crippen LogP contribution in [0.2, 0.25) is 0 Å². The van der Waals surface area contributed by atoms with E-state index in [1.165, 1.54) is 24.5 Å². The maximum absolute atomic E-state index is 13.7. The fourth-order valence-electron chi connectivity index (χ4n) is 2.83. The SMILES string of the molecule is COc1ccc(CCNc2ncnc(NNC(=O)c3ccccc3F)c2N)cc1OC. The molecule has 3 aromatic rings. The van der Waals surface area contributed by atoms with Gasteiger partial charge in [0.1, 0.15) is 17.8 Å². The van der Waals surface area contributed by atoms with Crippen molar-refractivity contribution in [2.75, 3.05) is 37.2 Å². The lowest BCUT2D eigenvalue weighted by Crippen LogP contribution is -2.31. The zero-order chi connectivity index (χ0) is 22.2. The molecule has 3 rings (SSSR count). The van der Waals surface area contributed by atoms with E-state index in [4.69, 9.17) is 15.2 Å². The number of nitrogens with one attached hydrogen (secondary N) is 3. The van der Waals surface area contributed by atoms with Crippen molar-refractivity contribution in [3.05, 3.63) is 65.7 Å². The number of halogens is 1. The number of methoxy groups -OCH3 is 2. The molecule has 2 aromatic carbocycles. The first kappa shape index (κ1) is 21.6. The molecule has 0 radical (unpaired) electrons. The second-order valence-electron chi connectivity index (χ2n) is 6.41. The summed E-state index contributed by atoms with van der Waals surface area (Å²) in [6.45, 7) is 0.539. The minimum atomic E-state index is -0.654. The standard InChI is InChI=1S/C21H23FN6O3/c1-30-16-8-7-13(11-17(16)31-2)9-10-24-19-18(23)20(26-12-25-19)27-28-21(29)14-5-3-4-6-15(14)22/h3-8,11-12H,9-10,23H2,1-2H3,(H,28,29)(H2,24,25,26,27). The van der Waals surface area contributed by atoms with Crippen molar-refractivity contribution >= 4 is 23.2 Å². The van der Waals surface area contributed by atoms with Crippen molar-refractivity contribution in [1.29, 1.82) is 0 Å². The largest absolute Gasteiger partial charge is 0.493 e. The quantitative estimate of drug-likeness (QED) is 0.385. The van der Waals surface area contributed by atoms with Gasteiger partial charge in [-0.3, -0.25) is 15.6 Å². The number of anilines is 3. The highest BCUT2D eigenvalue weighted by atomic mass is 19.1. The average Bonchev–Trinajstić information content (AvgIpc) is 2.79. The number of benzene rings is 2. The molecule has 0 spiro atoms. The van der Waals surface area contributed by atoms with Crippen molar-refractivity contribution in [2.24, 2.45) is 0 Å². The smallest absolute Gasteiger partial charge is 0.272 e. The van der Waals surface area contributed by atoms with Crippen LogP contribution < -0.4 is 31.4 Å². The number of hydrogen-bond acceptors (Lipinski definition) is 8. The van der Waals surface area contributed by atoms with Crippen LogP contribution in [0.1, 0.15) is 15.9 Å². The molecule has 0 atom stereocenters. The first-order chi connectivity index (χ1) is 15.0. The van der Waals surface area contributed by atoms with Crippen LogP contribution in [0.3, 0.4) is 0 Å². The third kappa shape index (κ3) is 5.30. The molecule has 0 bridgehead atoms. The highest BCUT2D eigenvalue weighted by molar-refractivity contribution is 5.95. The highest BCUT2D eigenvalue weighted by Gasteiger charge is 2.13. The summed E-state index contributed by atoms with van der Waals surface area (Å²) in [5.74, 6) is 0.617. The molecule has 0 aliphatic rings. The van der Waals surface area contributed by atoms with Crippen LogP contribution in [0.15, 0.2) is 48.8 Å². The Bertz CT molecular complexity index is 1060. The predicted octanol–water partition coefficient (Wildman–Crippen LogP) is 2.63. The van der Waals surface area contributed by atoms with E-state index in [0.717, 1.165) is 5.56 Å². The maximum atomic E-state index is 13.7. The van der Waals surface area contributed by atoms with Crippen LogP contribution in [-0.4, -0.2) is 36.6 Å². The summed E-state index contributed by atoms with van der Waals surface area (Å²) in [4.78, 5) is 20.3. The highest BCUT2D eigenvalue weighted by Crippen LogP contribution is 2.28. The van der Waals surface area contributed by atoms with Gasteiger partial charge in [0.2, 0.25) is 0 Å². The van der Waals surface area contributed by atoms with E-state index >= 15 is 0 Å². The molecular formula is C21H23FN6O3. The molecule has 0 unspecified atom stereocenters. The van der Waals surface area contributed by atoms with Gasteiger partial charge >= 0.3 is 0 Å². The second kappa shape index (κ2) is 10.1. The lowest BCUT2D eigenvalue weighted by atomic mass is 10.1. The molecule has 9 nitrogen and oxygen atoms in total. The summed E-state index contributed by atoms with van der Waals surface area (Å²) in [7, 11) is 3.17. The van der Waals surface area contributed by atoms with Crippen LogP contribution in [0.25, 0.3) is 0 Å². The number of ether oxygens (including phenoxy) is 2. The molecule has 162 valence electrons. The first-order valence-corrected chi connectivity index (χ1v) is 9.39. The summed E-state index contributed by atoms with van der Waals surface area (Å²) < 4.78 is 24.3. The van der Waals surface area contributed by atoms with Gasteiger partial charge in [-0.05, 0) is 36.2 Å². The number of carbonyl (C=O) groups excluding carboxylic acids is 1. The van der Waals surface area contributed by atoms with Gasteiger partial charge in [-0.2, -0.15) is 0 Å². The molecule has 10 heteroatoms. The Morgan fingerprint density at radius 2 is 1.81 bits per heavy atom. The van der Waals surface area contributed by atoms with Gasteiger partial charge in [-0.25, -0.2) is 14.4 Å². The summed E-state index contributed by atoms with van der Waals surface area (Å²) >= 11 is 0. The average molecular weight is 426 g/mol. The molecule has 0 fully saturated rings. The van der Waals surface area contributed by atoms with Gasteiger partial charge < -0.3 is 20.5 Å². The predicted molar refractivity (Wildman–Crippen MR) is 116 cm³/mol. The van der Waals surface area contributed by atoms with Gasteiger partial charge in [-0.1, -0.05) is 18.2 Å². The normalized spacial score (nSPS) is 10.3. The molecule has 1 aromatic heterocycles. The summed E-state index contributed by atoms with van der Waals surface area (Å²) in [5.41, 5.74) is 12.2. The lowest BCUT2D eigenvalue weighted by molar-refractivity contribution is 0.0958. The van der Waals surface area contributed by atoms with Gasteiger partial charge in [-0.15, -0.1) is 0 Å². The van der Waals surface area contributed by atoms with Gasteiger partial charge in [0, 0.05) is 6.54 Å². The Morgan fingerprint density at radius 1 is 1.06 bits per heavy atom. The van der Waals surface area contributed by atoms with E-state index < -0.39 is 11.7 Å². The Morgan fingerprint density at radius 3 is 2.55 bits per heavy atom. The van der Waals surface area contributed by atoms with E-state index in [0.29, 0.717) is 30.3 Å². The summed E-state index contributed by atoms with van der Waals surface area (Å²) in [6.07, 6.45) is 1.98. The Hall–Kier alpha value is -4.08. The number of aromatic nitrogens is 2. The molecule has 5 N–H and O–H groups in total. The van der Waals surface area contributed by atoms with E-state index in [1.54, 1.807) is 20.3 Å². The minimum Gasteiger partial charge on any atom is -0.493 e. The van der Waals surface area contributed by atoms with Gasteiger partial charge in [0.15, 0.2) is 23.1 Å². The minimum absolute atomic E-state index is 0.101. The number of hydrazine groups is 1. The van der Waals surface area contributed by atoms with Crippen molar-refractivity contribution in [1.82, 2.24) is 15.4 Å². The second-order valence-corrected chi connectivity index (χ2v) is 6.41. The molecule has 1 amide bonds. The molecule has 31 heavy (non-hydrogen) atoms. The third-order valence-corrected chi connectivity index (χ3v) is 4.45. The Kier molecular flexibility index (Phi) is 7.05. The topological polar surface area (TPSA) is 123 Å². The molecule has 1 heterocycles. The Labute approximate surface area is 178 Å². The number of rotatable bonds is 9. The van der Waals surface area contributed by atoms with E-state index in [-0.39, 0.29) is 17.1 Å². The number of nitrogens with zero attached hydrogens (tertiary/aromatic N) is 2. The molecule has 0 aliphatic carbocycles. The van der Waals surface area contributed by atoms with Crippen molar-refractivity contribution in [3.8, 4) is 11.5 Å². The summed E-state index contributed by atoms with van der Waals surface area (Å²) in [5, 5.41) is 3.14. The van der Waals surface area contributed by atoms with Crippen LogP contribution in [0, 0.1) is 5.82 Å². The third-order valence-electron chi connectivity index (χ3n) is 4.45. The Balaban J connectivity index is 1.59. The summed E-state index contributed by atoms with van der Waals surface area (Å²) in [6, 6.07) is 11.3. The fraction of sp³-hybridized carbons (Fsp3) is 0.190. The van der Waals surface area contributed by atoms with Crippen molar-refractivity contribution in [3.63, 3.8) is 0 Å². The number of nitrogens with two attached hydrogens (primary N) is 1. The van der Waals surface area contributed by atoms with Crippen LogP contribution in [0.5, 0.6) is 11.5 Å². The zero-order valence-corrected chi connectivity index (χ0v) is 17.1. The number of hydrogen-bond donors (Lipinski definition) is 4. The van der Waals surface area contributed by atoms with Gasteiger partial charge in [0.05, 0.1) is 19.8 Å². The van der Waals surface area contributed by atoms with E-state index in [2.05, 4.69) is 26.1 Å². The number of amides is 1. The zero-order valence-electron chi connectivity index (χ0n) is 17.1. The molecular weight excluding hydrogens is 403 g/mol. The maximum Gasteiger partial charge on any atom is 0.272 e. The lowest BCUT2D eigenvalue weighted by Gasteiger charge is -2.14. The van der Waals surface area contributed by atoms with Crippen molar-refractivity contribution in [2.45, 2.75) is 6.42 Å². The molecule has 0 aliphatic heterocycles. The van der Waals surface area contributed by atoms with Crippen LogP contribution in [0.4, 0.5) is 21.7 Å². The van der Waals surface area contributed by atoms with E-state index in [9.17, 15) is 9.18 Å². The fourth-order valence-corrected chi connectivity index (χ4v) is 2.83. The molecule has 0 saturated carbocycles.